The number of nitrogens with zero attached hydrogens (tertiary/aromatic N) is 3. The first-order valence-electron chi connectivity index (χ1n) is 8.68. The minimum Gasteiger partial charge on any atom is -0.400 e. The van der Waals surface area contributed by atoms with Gasteiger partial charge in [0.2, 0.25) is 5.96 Å². The van der Waals surface area contributed by atoms with Gasteiger partial charge in [-0.2, -0.15) is 0 Å². The first-order chi connectivity index (χ1) is 11.2. The van der Waals surface area contributed by atoms with E-state index in [-0.39, 0.29) is 0 Å². The van der Waals surface area contributed by atoms with Crippen LogP contribution in [0, 0.1) is 17.8 Å². The van der Waals surface area contributed by atoms with E-state index < -0.39 is 0 Å². The standard InChI is InChI=1S/C17H29N3O.CH4O/c1-4-13(2)12-19-17(18-3)20-8-5-14(6-9-20)16-11-15(16)7-10-21;1-2/h12,14-16,21H,2,4-11H2,1,3H3;2H,1H3/b18-17?,19-12-;. The first kappa shape index (κ1) is 19.8. The monoisotopic (exact) mass is 323 g/mol. The highest BCUT2D eigenvalue weighted by Gasteiger charge is 2.42. The van der Waals surface area contributed by atoms with E-state index in [1.165, 1.54) is 19.3 Å². The molecule has 0 amide bonds. The molecule has 0 spiro atoms. The first-order valence-corrected chi connectivity index (χ1v) is 8.68. The number of guanidine groups is 1. The molecule has 2 unspecified atom stereocenters. The second kappa shape index (κ2) is 10.6. The molecule has 1 saturated heterocycles. The largest absolute Gasteiger partial charge is 0.400 e. The van der Waals surface area contributed by atoms with Crippen LogP contribution in [0.3, 0.4) is 0 Å². The Hall–Kier alpha value is -1.20. The van der Waals surface area contributed by atoms with Gasteiger partial charge in [0.25, 0.3) is 0 Å². The van der Waals surface area contributed by atoms with Crippen molar-refractivity contribution in [2.24, 2.45) is 27.7 Å². The normalized spacial score (nSPS) is 25.3. The van der Waals surface area contributed by atoms with E-state index in [4.69, 9.17) is 10.2 Å². The van der Waals surface area contributed by atoms with Crippen molar-refractivity contribution in [2.45, 2.75) is 39.0 Å². The van der Waals surface area contributed by atoms with Crippen LogP contribution >= 0.6 is 0 Å². The van der Waals surface area contributed by atoms with Crippen molar-refractivity contribution in [1.82, 2.24) is 4.90 Å². The average molecular weight is 323 g/mol. The van der Waals surface area contributed by atoms with Crippen LogP contribution in [0.5, 0.6) is 0 Å². The molecule has 1 aliphatic heterocycles. The van der Waals surface area contributed by atoms with Crippen LogP contribution < -0.4 is 0 Å². The average Bonchev–Trinajstić information content (AvgIpc) is 3.37. The Balaban J connectivity index is 0.00000127. The number of allylic oxidation sites excluding steroid dienone is 1. The third-order valence-corrected chi connectivity index (χ3v) is 4.92. The molecule has 2 aliphatic rings. The van der Waals surface area contributed by atoms with Crippen molar-refractivity contribution in [3.05, 3.63) is 12.2 Å². The van der Waals surface area contributed by atoms with Crippen molar-refractivity contribution in [1.29, 1.82) is 0 Å². The zero-order valence-corrected chi connectivity index (χ0v) is 14.9. The minimum absolute atomic E-state index is 0.350. The molecule has 2 N–H and O–H groups in total. The van der Waals surface area contributed by atoms with Crippen molar-refractivity contribution in [2.75, 3.05) is 33.9 Å². The predicted molar refractivity (Wildman–Crippen MR) is 97.0 cm³/mol. The highest BCUT2D eigenvalue weighted by molar-refractivity contribution is 5.92. The molecule has 2 fully saturated rings. The fraction of sp³-hybridized carbons (Fsp3) is 0.778. The number of aliphatic hydroxyl groups excluding tert-OH is 2. The fourth-order valence-electron chi connectivity index (χ4n) is 3.39. The topological polar surface area (TPSA) is 68.4 Å². The van der Waals surface area contributed by atoms with Crippen LogP contribution in [0.4, 0.5) is 0 Å². The highest BCUT2D eigenvalue weighted by Crippen LogP contribution is 2.49. The summed E-state index contributed by atoms with van der Waals surface area (Å²) in [6.45, 7) is 8.49. The quantitative estimate of drug-likeness (QED) is 0.603. The summed E-state index contributed by atoms with van der Waals surface area (Å²) >= 11 is 0. The van der Waals surface area contributed by atoms with E-state index in [0.717, 1.165) is 62.3 Å². The molecule has 2 rings (SSSR count). The SMILES string of the molecule is C=C(/C=N\C(=NC)N1CCC(C2CC2CCO)CC1)CC.CO. The Kier molecular flexibility index (Phi) is 9.10. The Morgan fingerprint density at radius 1 is 1.30 bits per heavy atom. The maximum absolute atomic E-state index is 9.02. The highest BCUT2D eigenvalue weighted by atomic mass is 16.3. The second-order valence-electron chi connectivity index (χ2n) is 6.29. The number of hydrogen-bond acceptors (Lipinski definition) is 3. The van der Waals surface area contributed by atoms with Gasteiger partial charge in [-0.1, -0.05) is 13.5 Å². The van der Waals surface area contributed by atoms with Gasteiger partial charge in [0.05, 0.1) is 0 Å². The lowest BCUT2D eigenvalue weighted by Gasteiger charge is -2.33. The van der Waals surface area contributed by atoms with Gasteiger partial charge in [-0.05, 0) is 55.4 Å². The van der Waals surface area contributed by atoms with Crippen LogP contribution in [0.1, 0.15) is 39.0 Å². The summed E-state index contributed by atoms with van der Waals surface area (Å²) in [5, 5.41) is 16.0. The maximum atomic E-state index is 9.02. The van der Waals surface area contributed by atoms with Gasteiger partial charge in [0, 0.05) is 40.1 Å². The van der Waals surface area contributed by atoms with Crippen LogP contribution in [-0.2, 0) is 0 Å². The number of hydrogen-bond donors (Lipinski definition) is 2. The van der Waals surface area contributed by atoms with Gasteiger partial charge in [-0.3, -0.25) is 4.99 Å². The van der Waals surface area contributed by atoms with Crippen molar-refractivity contribution in [3.8, 4) is 0 Å². The van der Waals surface area contributed by atoms with E-state index >= 15 is 0 Å². The van der Waals surface area contributed by atoms with Crippen LogP contribution in [0.15, 0.2) is 22.1 Å². The number of rotatable bonds is 5. The van der Waals surface area contributed by atoms with E-state index in [0.29, 0.717) is 6.61 Å². The molecule has 1 aliphatic carbocycles. The summed E-state index contributed by atoms with van der Waals surface area (Å²) in [5.74, 6) is 3.33. The van der Waals surface area contributed by atoms with Gasteiger partial charge in [-0.15, -0.1) is 0 Å². The Bertz CT molecular complexity index is 412. The number of piperidine rings is 1. The molecule has 2 atom stereocenters. The maximum Gasteiger partial charge on any atom is 0.220 e. The summed E-state index contributed by atoms with van der Waals surface area (Å²) in [7, 11) is 2.81. The lowest BCUT2D eigenvalue weighted by atomic mass is 9.90. The third kappa shape index (κ3) is 6.07. The number of aliphatic imine (C=N–C) groups is 2. The molecule has 132 valence electrons. The summed E-state index contributed by atoms with van der Waals surface area (Å²) < 4.78 is 0. The third-order valence-electron chi connectivity index (χ3n) is 4.92. The molecule has 0 aromatic rings. The van der Waals surface area contributed by atoms with Crippen LogP contribution in [-0.4, -0.2) is 61.1 Å². The van der Waals surface area contributed by atoms with Crippen LogP contribution in [0.2, 0.25) is 0 Å². The fourth-order valence-corrected chi connectivity index (χ4v) is 3.39. The zero-order valence-electron chi connectivity index (χ0n) is 14.9. The summed E-state index contributed by atoms with van der Waals surface area (Å²) in [4.78, 5) is 11.1. The molecular weight excluding hydrogens is 290 g/mol. The van der Waals surface area contributed by atoms with E-state index in [1.54, 1.807) is 0 Å². The molecule has 0 radical (unpaired) electrons. The minimum atomic E-state index is 0.350. The number of likely N-dealkylation sites (tertiary alicyclic amines) is 1. The van der Waals surface area contributed by atoms with Crippen molar-refractivity contribution in [3.63, 3.8) is 0 Å². The van der Waals surface area contributed by atoms with E-state index in [9.17, 15) is 0 Å². The number of aliphatic hydroxyl groups is 2. The smallest absolute Gasteiger partial charge is 0.220 e. The van der Waals surface area contributed by atoms with Crippen molar-refractivity contribution >= 4 is 12.2 Å². The van der Waals surface area contributed by atoms with E-state index in [1.807, 2.05) is 13.3 Å². The molecule has 5 nitrogen and oxygen atoms in total. The van der Waals surface area contributed by atoms with Gasteiger partial charge >= 0.3 is 0 Å². The molecule has 1 heterocycles. The van der Waals surface area contributed by atoms with Gasteiger partial charge in [0.15, 0.2) is 0 Å². The summed E-state index contributed by atoms with van der Waals surface area (Å²) in [6, 6.07) is 0. The molecule has 0 aromatic carbocycles. The van der Waals surface area contributed by atoms with E-state index in [2.05, 4.69) is 28.4 Å². The molecule has 0 bridgehead atoms. The lowest BCUT2D eigenvalue weighted by molar-refractivity contribution is 0.227. The van der Waals surface area contributed by atoms with Gasteiger partial charge in [0.1, 0.15) is 0 Å². The summed E-state index contributed by atoms with van der Waals surface area (Å²) in [5.41, 5.74) is 1.04. The lowest BCUT2D eigenvalue weighted by Crippen LogP contribution is -2.38. The predicted octanol–water partition coefficient (Wildman–Crippen LogP) is 2.35. The zero-order chi connectivity index (χ0) is 17.2. The second-order valence-corrected chi connectivity index (χ2v) is 6.29. The molecule has 23 heavy (non-hydrogen) atoms. The Morgan fingerprint density at radius 2 is 1.96 bits per heavy atom. The van der Waals surface area contributed by atoms with Crippen LogP contribution in [0.25, 0.3) is 0 Å². The Labute approximate surface area is 140 Å². The molecule has 0 aromatic heterocycles. The molecular formula is C18H33N3O2. The van der Waals surface area contributed by atoms with Crippen molar-refractivity contribution < 1.29 is 10.2 Å². The molecule has 5 heteroatoms. The molecule has 1 saturated carbocycles. The Morgan fingerprint density at radius 3 is 2.48 bits per heavy atom. The van der Waals surface area contributed by atoms with Gasteiger partial charge in [-0.25, -0.2) is 4.99 Å². The van der Waals surface area contributed by atoms with Gasteiger partial charge < -0.3 is 15.1 Å². The summed E-state index contributed by atoms with van der Waals surface area (Å²) in [6.07, 6.45) is 7.55.